The molecule has 8 aromatic carbocycles. The fourth-order valence-electron chi connectivity index (χ4n) is 12.9. The van der Waals surface area contributed by atoms with Gasteiger partial charge in [-0.1, -0.05) is 205 Å². The van der Waals surface area contributed by atoms with Crippen LogP contribution in [0, 0.1) is 0 Å². The van der Waals surface area contributed by atoms with Crippen molar-refractivity contribution >= 4 is 56.1 Å². The van der Waals surface area contributed by atoms with Crippen molar-refractivity contribution in [2.45, 2.75) is 129 Å². The molecule has 9 aromatic rings. The van der Waals surface area contributed by atoms with Crippen molar-refractivity contribution in [3.05, 3.63) is 238 Å². The molecule has 3 aliphatic rings. The van der Waals surface area contributed by atoms with Gasteiger partial charge in [-0.2, -0.15) is 0 Å². The molecule has 12 rings (SSSR count). The first-order valence-corrected chi connectivity index (χ1v) is 27.2. The molecule has 0 radical (unpaired) electrons. The van der Waals surface area contributed by atoms with Gasteiger partial charge in [0.1, 0.15) is 11.2 Å². The summed E-state index contributed by atoms with van der Waals surface area (Å²) in [6.45, 7) is 30.0. The van der Waals surface area contributed by atoms with Crippen LogP contribution in [0.2, 0.25) is 0 Å². The highest BCUT2D eigenvalue weighted by Gasteiger charge is 2.60. The van der Waals surface area contributed by atoms with Gasteiger partial charge in [-0.3, -0.25) is 0 Å². The monoisotopic (exact) mass is 981 g/mol. The van der Waals surface area contributed by atoms with E-state index in [1.54, 1.807) is 0 Å². The first-order chi connectivity index (χ1) is 35.6. The van der Waals surface area contributed by atoms with Gasteiger partial charge >= 0.3 is 0 Å². The summed E-state index contributed by atoms with van der Waals surface area (Å²) in [4.78, 5) is 4.97. The fourth-order valence-corrected chi connectivity index (χ4v) is 12.9. The number of allylic oxidation sites excluding steroid dienone is 4. The van der Waals surface area contributed by atoms with Crippen molar-refractivity contribution in [3.63, 3.8) is 0 Å². The summed E-state index contributed by atoms with van der Waals surface area (Å²) in [7, 11) is 0. The Bertz CT molecular complexity index is 3650. The minimum Gasteiger partial charge on any atom is -0.455 e. The molecule has 1 aromatic heterocycles. The SMILES string of the molecule is CC(C)(C)c1ccc(N(c2ccc(C(C)(C)C)cc2)c2ccc3c(c2)C2(C4=CC=CCC4(C)c4ccccc42)c2cc(N(c4ccc(C(C)(C)C)cc4)c4ccc(C(C)(C)C)cc4)c4c(oc5ccccc54)c2-3)cc1. The Morgan fingerprint density at radius 1 is 0.440 bits per heavy atom. The first kappa shape index (κ1) is 48.6. The average Bonchev–Trinajstić information content (AvgIpc) is 4.20. The van der Waals surface area contributed by atoms with Gasteiger partial charge in [0.2, 0.25) is 0 Å². The summed E-state index contributed by atoms with van der Waals surface area (Å²) in [5.74, 6) is 0. The van der Waals surface area contributed by atoms with Crippen molar-refractivity contribution in [2.24, 2.45) is 0 Å². The summed E-state index contributed by atoms with van der Waals surface area (Å²) < 4.78 is 7.42. The minimum atomic E-state index is -0.658. The molecular formula is C72H72N2O. The van der Waals surface area contributed by atoms with E-state index in [0.717, 1.165) is 62.5 Å². The molecule has 75 heavy (non-hydrogen) atoms. The Labute approximate surface area is 446 Å². The molecule has 2 atom stereocenters. The van der Waals surface area contributed by atoms with Gasteiger partial charge in [-0.05, 0) is 157 Å². The quantitative estimate of drug-likeness (QED) is 0.166. The molecular weight excluding hydrogens is 909 g/mol. The molecule has 3 nitrogen and oxygen atoms in total. The van der Waals surface area contributed by atoms with E-state index in [1.165, 1.54) is 61.2 Å². The predicted octanol–water partition coefficient (Wildman–Crippen LogP) is 20.2. The molecule has 1 heterocycles. The number of anilines is 6. The van der Waals surface area contributed by atoms with Crippen LogP contribution in [0.5, 0.6) is 0 Å². The van der Waals surface area contributed by atoms with E-state index in [4.69, 9.17) is 4.42 Å². The van der Waals surface area contributed by atoms with Crippen molar-refractivity contribution in [3.8, 4) is 11.1 Å². The Hall–Kier alpha value is -7.36. The molecule has 3 heteroatoms. The van der Waals surface area contributed by atoms with Gasteiger partial charge in [-0.25, -0.2) is 0 Å². The second-order valence-electron chi connectivity index (χ2n) is 26.0. The fraction of sp³-hybridized carbons (Fsp3) is 0.278. The lowest BCUT2D eigenvalue weighted by atomic mass is 9.65. The van der Waals surface area contributed by atoms with Crippen LogP contribution in [0.1, 0.15) is 141 Å². The number of furan rings is 1. The van der Waals surface area contributed by atoms with E-state index in [2.05, 4.69) is 288 Å². The largest absolute Gasteiger partial charge is 0.455 e. The second-order valence-corrected chi connectivity index (χ2v) is 26.0. The Balaban J connectivity index is 1.19. The number of benzene rings is 8. The van der Waals surface area contributed by atoms with Gasteiger partial charge in [0.15, 0.2) is 0 Å². The highest BCUT2D eigenvalue weighted by Crippen LogP contribution is 2.69. The summed E-state index contributed by atoms with van der Waals surface area (Å²) in [5, 5.41) is 2.22. The van der Waals surface area contributed by atoms with Crippen molar-refractivity contribution in [1.82, 2.24) is 0 Å². The van der Waals surface area contributed by atoms with E-state index in [-0.39, 0.29) is 27.1 Å². The zero-order valence-electron chi connectivity index (χ0n) is 46.4. The molecule has 0 saturated heterocycles. The predicted molar refractivity (Wildman–Crippen MR) is 319 cm³/mol. The van der Waals surface area contributed by atoms with Gasteiger partial charge in [0, 0.05) is 44.8 Å². The molecule has 3 aliphatic carbocycles. The number of rotatable bonds is 6. The topological polar surface area (TPSA) is 19.6 Å². The maximum absolute atomic E-state index is 7.42. The van der Waals surface area contributed by atoms with Gasteiger partial charge in [0.05, 0.1) is 16.5 Å². The molecule has 0 bridgehead atoms. The molecule has 1 spiro atoms. The van der Waals surface area contributed by atoms with E-state index in [9.17, 15) is 0 Å². The molecule has 0 fully saturated rings. The number of nitrogens with zero attached hydrogens (tertiary/aromatic N) is 2. The standard InChI is InChI=1S/C72H72N2O/c1-67(2,3)46-25-33-50(34-26-46)73(51-35-27-47(28-36-51)68(4,5)6)54-41-42-55-59(44-54)72(58-22-16-15-21-57(58)71(13)43-19-18-24-63(71)72)60-45-61(65-56-20-14-17-23-62(56)75-66(65)64(55)60)74(52-37-29-48(30-38-52)69(7,8)9)53-39-31-49(32-40-53)70(10,11)12/h14-42,44-45H,43H2,1-13H3. The van der Waals surface area contributed by atoms with Crippen molar-refractivity contribution in [2.75, 3.05) is 9.80 Å². The van der Waals surface area contributed by atoms with E-state index in [0.29, 0.717) is 0 Å². The lowest BCUT2D eigenvalue weighted by Gasteiger charge is -2.38. The van der Waals surface area contributed by atoms with Crippen LogP contribution in [0.25, 0.3) is 33.1 Å². The van der Waals surface area contributed by atoms with Crippen LogP contribution in [0.3, 0.4) is 0 Å². The minimum absolute atomic E-state index is 0.00232. The molecule has 376 valence electrons. The summed E-state index contributed by atoms with van der Waals surface area (Å²) >= 11 is 0. The number of para-hydroxylation sites is 1. The van der Waals surface area contributed by atoms with Crippen LogP contribution in [-0.2, 0) is 32.5 Å². The molecule has 0 N–H and O–H groups in total. The molecule has 0 aliphatic heterocycles. The number of fused-ring (bicyclic) bond motifs is 14. The van der Waals surface area contributed by atoms with Crippen LogP contribution in [0.4, 0.5) is 34.1 Å². The van der Waals surface area contributed by atoms with Gasteiger partial charge in [-0.15, -0.1) is 0 Å². The van der Waals surface area contributed by atoms with Crippen molar-refractivity contribution in [1.29, 1.82) is 0 Å². The van der Waals surface area contributed by atoms with E-state index in [1.807, 2.05) is 0 Å². The maximum atomic E-state index is 7.42. The Morgan fingerprint density at radius 2 is 0.893 bits per heavy atom. The normalized spacial score (nSPS) is 18.0. The molecule has 0 saturated carbocycles. The van der Waals surface area contributed by atoms with Crippen LogP contribution in [0.15, 0.2) is 198 Å². The van der Waals surface area contributed by atoms with E-state index < -0.39 is 5.41 Å². The van der Waals surface area contributed by atoms with Crippen LogP contribution < -0.4 is 9.80 Å². The Morgan fingerprint density at radius 3 is 1.40 bits per heavy atom. The third-order valence-electron chi connectivity index (χ3n) is 17.0. The zero-order chi connectivity index (χ0) is 52.6. The lowest BCUT2D eigenvalue weighted by molar-refractivity contribution is 0.544. The second kappa shape index (κ2) is 16.8. The highest BCUT2D eigenvalue weighted by atomic mass is 16.3. The van der Waals surface area contributed by atoms with Crippen LogP contribution >= 0.6 is 0 Å². The zero-order valence-corrected chi connectivity index (χ0v) is 46.4. The highest BCUT2D eigenvalue weighted by molar-refractivity contribution is 6.19. The third kappa shape index (κ3) is 7.58. The van der Waals surface area contributed by atoms with Gasteiger partial charge in [0.25, 0.3) is 0 Å². The van der Waals surface area contributed by atoms with Crippen LogP contribution in [-0.4, -0.2) is 0 Å². The Kier molecular flexibility index (Phi) is 10.9. The average molecular weight is 981 g/mol. The summed E-state index contributed by atoms with van der Waals surface area (Å²) in [6.07, 6.45) is 8.06. The smallest absolute Gasteiger partial charge is 0.145 e. The number of hydrogen-bond acceptors (Lipinski definition) is 3. The first-order valence-electron chi connectivity index (χ1n) is 27.2. The van der Waals surface area contributed by atoms with E-state index >= 15 is 0 Å². The molecule has 0 amide bonds. The third-order valence-corrected chi connectivity index (χ3v) is 17.0. The number of hydrogen-bond donors (Lipinski definition) is 0. The van der Waals surface area contributed by atoms with Gasteiger partial charge < -0.3 is 14.2 Å². The lowest BCUT2D eigenvalue weighted by Crippen LogP contribution is -2.32. The summed E-state index contributed by atoms with van der Waals surface area (Å²) in [5.41, 5.74) is 21.9. The summed E-state index contributed by atoms with van der Waals surface area (Å²) in [6, 6.07) is 64.9. The molecule has 2 unspecified atom stereocenters. The maximum Gasteiger partial charge on any atom is 0.145 e. The van der Waals surface area contributed by atoms with Crippen molar-refractivity contribution < 1.29 is 4.42 Å².